The highest BCUT2D eigenvalue weighted by Gasteiger charge is 2.31. The smallest absolute Gasteiger partial charge is 0.227 e. The molecule has 1 aromatic rings. The summed E-state index contributed by atoms with van der Waals surface area (Å²) in [5.74, 6) is 0.361. The number of nitrogens with one attached hydrogen (secondary N) is 1. The Morgan fingerprint density at radius 1 is 1.07 bits per heavy atom. The van der Waals surface area contributed by atoms with Gasteiger partial charge in [0, 0.05) is 24.1 Å². The molecule has 6 nitrogen and oxygen atoms in total. The van der Waals surface area contributed by atoms with Crippen LogP contribution in [0.5, 0.6) is 0 Å². The van der Waals surface area contributed by atoms with Gasteiger partial charge in [0.2, 0.25) is 11.8 Å². The number of amides is 2. The van der Waals surface area contributed by atoms with Crippen molar-refractivity contribution in [3.8, 4) is 0 Å². The molecule has 3 rings (SSSR count). The molecule has 0 spiro atoms. The molecule has 1 aromatic carbocycles. The molecule has 0 bridgehead atoms. The fraction of sp³-hybridized carbons (Fsp3) is 0.619. The van der Waals surface area contributed by atoms with Gasteiger partial charge in [-0.05, 0) is 75.4 Å². The molecular weight excluding hydrogens is 340 g/mol. The van der Waals surface area contributed by atoms with Crippen LogP contribution in [0, 0.1) is 17.8 Å². The predicted molar refractivity (Wildman–Crippen MR) is 107 cm³/mol. The molecule has 148 valence electrons. The number of hydrogen-bond donors (Lipinski definition) is 3. The SMILES string of the molecule is NC[C@H]1CCC[C@H]1C(=O)Nc1ccc(CCN2CCC(C(N)=O)CC2)cc1. The highest BCUT2D eigenvalue weighted by atomic mass is 16.2. The van der Waals surface area contributed by atoms with Gasteiger partial charge in [0.15, 0.2) is 0 Å². The third-order valence-electron chi connectivity index (χ3n) is 6.23. The number of nitrogens with two attached hydrogens (primary N) is 2. The van der Waals surface area contributed by atoms with Crippen LogP contribution >= 0.6 is 0 Å². The van der Waals surface area contributed by atoms with Crippen LogP contribution in [-0.4, -0.2) is 42.9 Å². The zero-order valence-electron chi connectivity index (χ0n) is 16.0. The fourth-order valence-electron chi connectivity index (χ4n) is 4.38. The number of likely N-dealkylation sites (tertiary alicyclic amines) is 1. The fourth-order valence-corrected chi connectivity index (χ4v) is 4.38. The summed E-state index contributed by atoms with van der Waals surface area (Å²) >= 11 is 0. The second kappa shape index (κ2) is 9.33. The number of rotatable bonds is 7. The largest absolute Gasteiger partial charge is 0.369 e. The van der Waals surface area contributed by atoms with Crippen molar-refractivity contribution in [1.82, 2.24) is 4.90 Å². The van der Waals surface area contributed by atoms with Gasteiger partial charge >= 0.3 is 0 Å². The number of benzene rings is 1. The number of piperidine rings is 1. The summed E-state index contributed by atoms with van der Waals surface area (Å²) in [6.07, 6.45) is 5.79. The molecule has 0 radical (unpaired) electrons. The summed E-state index contributed by atoms with van der Waals surface area (Å²) in [6.45, 7) is 3.45. The highest BCUT2D eigenvalue weighted by Crippen LogP contribution is 2.31. The quantitative estimate of drug-likeness (QED) is 0.678. The molecule has 27 heavy (non-hydrogen) atoms. The monoisotopic (exact) mass is 372 g/mol. The molecule has 1 aliphatic heterocycles. The first-order valence-electron chi connectivity index (χ1n) is 10.2. The van der Waals surface area contributed by atoms with Gasteiger partial charge in [-0.15, -0.1) is 0 Å². The van der Waals surface area contributed by atoms with Crippen LogP contribution in [0.4, 0.5) is 5.69 Å². The molecule has 0 unspecified atom stereocenters. The van der Waals surface area contributed by atoms with Crippen molar-refractivity contribution in [2.75, 3.05) is 31.5 Å². The van der Waals surface area contributed by atoms with Gasteiger partial charge in [0.1, 0.15) is 0 Å². The Hall–Kier alpha value is -1.92. The maximum absolute atomic E-state index is 12.5. The minimum atomic E-state index is -0.164. The van der Waals surface area contributed by atoms with Crippen molar-refractivity contribution >= 4 is 17.5 Å². The molecule has 2 fully saturated rings. The van der Waals surface area contributed by atoms with E-state index in [9.17, 15) is 9.59 Å². The van der Waals surface area contributed by atoms with Gasteiger partial charge in [-0.1, -0.05) is 18.6 Å². The second-order valence-corrected chi connectivity index (χ2v) is 7.99. The van der Waals surface area contributed by atoms with Gasteiger partial charge in [-0.3, -0.25) is 9.59 Å². The van der Waals surface area contributed by atoms with E-state index < -0.39 is 0 Å². The van der Waals surface area contributed by atoms with Crippen LogP contribution in [0.1, 0.15) is 37.7 Å². The zero-order valence-corrected chi connectivity index (χ0v) is 16.0. The molecule has 6 heteroatoms. The number of hydrogen-bond acceptors (Lipinski definition) is 4. The van der Waals surface area contributed by atoms with E-state index in [1.165, 1.54) is 5.56 Å². The lowest BCUT2D eigenvalue weighted by Gasteiger charge is -2.30. The lowest BCUT2D eigenvalue weighted by atomic mass is 9.95. The minimum absolute atomic E-state index is 0.0443. The third kappa shape index (κ3) is 5.30. The second-order valence-electron chi connectivity index (χ2n) is 7.99. The van der Waals surface area contributed by atoms with Crippen LogP contribution < -0.4 is 16.8 Å². The molecule has 1 saturated carbocycles. The van der Waals surface area contributed by atoms with Crippen molar-refractivity contribution < 1.29 is 9.59 Å². The van der Waals surface area contributed by atoms with Gasteiger partial charge in [-0.2, -0.15) is 0 Å². The number of carbonyl (C=O) groups is 2. The van der Waals surface area contributed by atoms with Crippen LogP contribution in [0.2, 0.25) is 0 Å². The van der Waals surface area contributed by atoms with Crippen LogP contribution in [0.3, 0.4) is 0 Å². The van der Waals surface area contributed by atoms with Crippen molar-refractivity contribution in [2.45, 2.75) is 38.5 Å². The normalized spacial score (nSPS) is 24.0. The zero-order chi connectivity index (χ0) is 19.2. The maximum Gasteiger partial charge on any atom is 0.227 e. The van der Waals surface area contributed by atoms with E-state index >= 15 is 0 Å². The molecule has 1 heterocycles. The third-order valence-corrected chi connectivity index (χ3v) is 6.23. The van der Waals surface area contributed by atoms with E-state index in [4.69, 9.17) is 11.5 Å². The minimum Gasteiger partial charge on any atom is -0.369 e. The molecule has 2 aliphatic rings. The molecule has 2 atom stereocenters. The van der Waals surface area contributed by atoms with E-state index in [-0.39, 0.29) is 23.7 Å². The van der Waals surface area contributed by atoms with Gasteiger partial charge < -0.3 is 21.7 Å². The van der Waals surface area contributed by atoms with Gasteiger partial charge in [0.25, 0.3) is 0 Å². The van der Waals surface area contributed by atoms with Crippen molar-refractivity contribution in [2.24, 2.45) is 29.2 Å². The Bertz CT molecular complexity index is 638. The Morgan fingerprint density at radius 2 is 1.78 bits per heavy atom. The topological polar surface area (TPSA) is 101 Å². The Morgan fingerprint density at radius 3 is 2.41 bits per heavy atom. The van der Waals surface area contributed by atoms with E-state index in [0.717, 1.165) is 63.8 Å². The van der Waals surface area contributed by atoms with Crippen LogP contribution in [-0.2, 0) is 16.0 Å². The van der Waals surface area contributed by atoms with E-state index in [0.29, 0.717) is 12.5 Å². The molecule has 2 amide bonds. The summed E-state index contributed by atoms with van der Waals surface area (Å²) in [7, 11) is 0. The summed E-state index contributed by atoms with van der Waals surface area (Å²) in [5.41, 5.74) is 13.3. The van der Waals surface area contributed by atoms with Crippen molar-refractivity contribution in [3.63, 3.8) is 0 Å². The molecular formula is C21H32N4O2. The Balaban J connectivity index is 1.44. The summed E-state index contributed by atoms with van der Waals surface area (Å²) < 4.78 is 0. The summed E-state index contributed by atoms with van der Waals surface area (Å²) in [5, 5.41) is 3.05. The standard InChI is InChI=1S/C21H32N4O2/c22-14-17-2-1-3-19(17)21(27)24-18-6-4-15(5-7-18)8-11-25-12-9-16(10-13-25)20(23)26/h4-7,16-17,19H,1-3,8-14,22H2,(H2,23,26)(H,24,27)/t17-,19-/m1/s1. The lowest BCUT2D eigenvalue weighted by Crippen LogP contribution is -2.39. The Kier molecular flexibility index (Phi) is 6.85. The average Bonchev–Trinajstić information content (AvgIpc) is 3.17. The van der Waals surface area contributed by atoms with Crippen molar-refractivity contribution in [1.29, 1.82) is 0 Å². The van der Waals surface area contributed by atoms with Gasteiger partial charge in [-0.25, -0.2) is 0 Å². The first kappa shape index (κ1) is 19.8. The van der Waals surface area contributed by atoms with Crippen LogP contribution in [0.15, 0.2) is 24.3 Å². The Labute approximate surface area is 161 Å². The molecule has 1 saturated heterocycles. The predicted octanol–water partition coefficient (Wildman–Crippen LogP) is 1.74. The molecule has 1 aliphatic carbocycles. The van der Waals surface area contributed by atoms with Gasteiger partial charge in [0.05, 0.1) is 0 Å². The van der Waals surface area contributed by atoms with E-state index in [1.807, 2.05) is 12.1 Å². The number of anilines is 1. The maximum atomic E-state index is 12.5. The summed E-state index contributed by atoms with van der Waals surface area (Å²) in [4.78, 5) is 26.1. The number of carbonyl (C=O) groups excluding carboxylic acids is 2. The van der Waals surface area contributed by atoms with E-state index in [1.54, 1.807) is 0 Å². The number of nitrogens with zero attached hydrogens (tertiary/aromatic N) is 1. The van der Waals surface area contributed by atoms with Crippen molar-refractivity contribution in [3.05, 3.63) is 29.8 Å². The first-order chi connectivity index (χ1) is 13.1. The van der Waals surface area contributed by atoms with E-state index in [2.05, 4.69) is 22.3 Å². The molecule has 0 aromatic heterocycles. The molecule has 5 N–H and O–H groups in total. The first-order valence-corrected chi connectivity index (χ1v) is 10.2. The lowest BCUT2D eigenvalue weighted by molar-refractivity contribution is -0.123. The summed E-state index contributed by atoms with van der Waals surface area (Å²) in [6, 6.07) is 8.14. The average molecular weight is 373 g/mol. The number of primary amides is 1. The highest BCUT2D eigenvalue weighted by molar-refractivity contribution is 5.92. The van der Waals surface area contributed by atoms with Crippen LogP contribution in [0.25, 0.3) is 0 Å².